The predicted molar refractivity (Wildman–Crippen MR) is 45.9 cm³/mol. The Hall–Kier alpha value is -0.520. The summed E-state index contributed by atoms with van der Waals surface area (Å²) in [6, 6.07) is 0. The first-order valence-electron chi connectivity index (χ1n) is 4.20. The van der Waals surface area contributed by atoms with Gasteiger partial charge in [-0.1, -0.05) is 44.1 Å². The van der Waals surface area contributed by atoms with E-state index in [0.717, 1.165) is 5.92 Å². The molecule has 1 atom stereocenters. The molecule has 0 nitrogen and oxygen atoms in total. The Morgan fingerprint density at radius 3 is 2.90 bits per heavy atom. The highest BCUT2D eigenvalue weighted by atomic mass is 14.1. The normalized spacial score (nSPS) is 19.2. The monoisotopic (exact) mass is 136 g/mol. The van der Waals surface area contributed by atoms with E-state index in [1.54, 1.807) is 5.57 Å². The smallest absolute Gasteiger partial charge is 0.0130 e. The van der Waals surface area contributed by atoms with E-state index >= 15 is 0 Å². The second kappa shape index (κ2) is 3.60. The van der Waals surface area contributed by atoms with Crippen molar-refractivity contribution < 1.29 is 0 Å². The standard InChI is InChI=1S/C10H16/c1-3-6-9(2)10-7-4-5-8-10/h4-5,7,9H,3,6,8H2,1-2H3. The van der Waals surface area contributed by atoms with Gasteiger partial charge in [0.05, 0.1) is 0 Å². The quantitative estimate of drug-likeness (QED) is 0.558. The lowest BCUT2D eigenvalue weighted by atomic mass is 9.96. The molecular weight excluding hydrogens is 120 g/mol. The van der Waals surface area contributed by atoms with Crippen molar-refractivity contribution in [3.8, 4) is 0 Å². The number of allylic oxidation sites excluding steroid dienone is 4. The number of rotatable bonds is 3. The zero-order valence-corrected chi connectivity index (χ0v) is 6.93. The molecule has 0 fully saturated rings. The van der Waals surface area contributed by atoms with E-state index in [1.165, 1.54) is 19.3 Å². The highest BCUT2D eigenvalue weighted by molar-refractivity contribution is 5.24. The summed E-state index contributed by atoms with van der Waals surface area (Å²) in [4.78, 5) is 0. The van der Waals surface area contributed by atoms with E-state index in [4.69, 9.17) is 0 Å². The van der Waals surface area contributed by atoms with E-state index < -0.39 is 0 Å². The Kier molecular flexibility index (Phi) is 2.73. The van der Waals surface area contributed by atoms with E-state index in [0.29, 0.717) is 0 Å². The highest BCUT2D eigenvalue weighted by Crippen LogP contribution is 2.23. The van der Waals surface area contributed by atoms with Crippen molar-refractivity contribution in [2.24, 2.45) is 5.92 Å². The lowest BCUT2D eigenvalue weighted by Crippen LogP contribution is -1.95. The van der Waals surface area contributed by atoms with Gasteiger partial charge in [-0.2, -0.15) is 0 Å². The van der Waals surface area contributed by atoms with Crippen LogP contribution in [0.3, 0.4) is 0 Å². The minimum atomic E-state index is 0.806. The summed E-state index contributed by atoms with van der Waals surface area (Å²) in [6.45, 7) is 4.57. The van der Waals surface area contributed by atoms with Gasteiger partial charge in [0.15, 0.2) is 0 Å². The fraction of sp³-hybridized carbons (Fsp3) is 0.600. The molecule has 1 aliphatic rings. The first kappa shape index (κ1) is 7.59. The average molecular weight is 136 g/mol. The fourth-order valence-electron chi connectivity index (χ4n) is 1.45. The molecule has 0 bridgehead atoms. The van der Waals surface area contributed by atoms with Crippen LogP contribution < -0.4 is 0 Å². The summed E-state index contributed by atoms with van der Waals surface area (Å²) in [6.07, 6.45) is 10.5. The summed E-state index contributed by atoms with van der Waals surface area (Å²) in [5.74, 6) is 0.806. The van der Waals surface area contributed by atoms with E-state index in [9.17, 15) is 0 Å². The molecule has 0 saturated carbocycles. The summed E-state index contributed by atoms with van der Waals surface area (Å²) >= 11 is 0. The molecule has 10 heavy (non-hydrogen) atoms. The third-order valence-electron chi connectivity index (χ3n) is 2.15. The third-order valence-corrected chi connectivity index (χ3v) is 2.15. The van der Waals surface area contributed by atoms with E-state index in [2.05, 4.69) is 32.1 Å². The van der Waals surface area contributed by atoms with Crippen molar-refractivity contribution in [1.29, 1.82) is 0 Å². The van der Waals surface area contributed by atoms with Crippen LogP contribution in [0.2, 0.25) is 0 Å². The lowest BCUT2D eigenvalue weighted by molar-refractivity contribution is 0.594. The molecule has 0 aromatic rings. The molecule has 0 radical (unpaired) electrons. The summed E-state index contributed by atoms with van der Waals surface area (Å²) < 4.78 is 0. The van der Waals surface area contributed by atoms with Gasteiger partial charge >= 0.3 is 0 Å². The largest absolute Gasteiger partial charge is 0.0805 e. The van der Waals surface area contributed by atoms with Gasteiger partial charge < -0.3 is 0 Å². The van der Waals surface area contributed by atoms with Gasteiger partial charge in [0.1, 0.15) is 0 Å². The van der Waals surface area contributed by atoms with Crippen molar-refractivity contribution >= 4 is 0 Å². The van der Waals surface area contributed by atoms with Crippen LogP contribution in [-0.4, -0.2) is 0 Å². The molecule has 0 heterocycles. The SMILES string of the molecule is CCCC(C)C1=CC=CC1. The van der Waals surface area contributed by atoms with Gasteiger partial charge in [-0.05, 0) is 18.8 Å². The van der Waals surface area contributed by atoms with Crippen LogP contribution in [0, 0.1) is 5.92 Å². The zero-order valence-electron chi connectivity index (χ0n) is 6.93. The molecular formula is C10H16. The molecule has 56 valence electrons. The van der Waals surface area contributed by atoms with Crippen LogP contribution in [-0.2, 0) is 0 Å². The van der Waals surface area contributed by atoms with Crippen molar-refractivity contribution in [1.82, 2.24) is 0 Å². The van der Waals surface area contributed by atoms with Crippen LogP contribution in [0.15, 0.2) is 23.8 Å². The zero-order chi connectivity index (χ0) is 7.40. The maximum absolute atomic E-state index is 2.32. The van der Waals surface area contributed by atoms with E-state index in [-0.39, 0.29) is 0 Å². The Bertz CT molecular complexity index is 151. The summed E-state index contributed by atoms with van der Waals surface area (Å²) in [5, 5.41) is 0. The van der Waals surface area contributed by atoms with Crippen molar-refractivity contribution in [2.45, 2.75) is 33.1 Å². The molecule has 0 aromatic heterocycles. The van der Waals surface area contributed by atoms with Gasteiger partial charge in [-0.15, -0.1) is 0 Å². The molecule has 0 aromatic carbocycles. The van der Waals surface area contributed by atoms with Gasteiger partial charge in [0.25, 0.3) is 0 Å². The second-order valence-electron chi connectivity index (χ2n) is 3.06. The van der Waals surface area contributed by atoms with Crippen LogP contribution in [0.4, 0.5) is 0 Å². The molecule has 1 aliphatic carbocycles. The van der Waals surface area contributed by atoms with Gasteiger partial charge in [-0.25, -0.2) is 0 Å². The minimum absolute atomic E-state index is 0.806. The van der Waals surface area contributed by atoms with Crippen LogP contribution in [0.5, 0.6) is 0 Å². The van der Waals surface area contributed by atoms with Crippen molar-refractivity contribution in [2.75, 3.05) is 0 Å². The third kappa shape index (κ3) is 1.73. The molecule has 0 saturated heterocycles. The molecule has 0 heteroatoms. The van der Waals surface area contributed by atoms with Gasteiger partial charge in [0.2, 0.25) is 0 Å². The van der Waals surface area contributed by atoms with Crippen LogP contribution in [0.1, 0.15) is 33.1 Å². The Morgan fingerprint density at radius 2 is 2.40 bits per heavy atom. The van der Waals surface area contributed by atoms with E-state index in [1.807, 2.05) is 0 Å². The highest BCUT2D eigenvalue weighted by Gasteiger charge is 2.07. The summed E-state index contributed by atoms with van der Waals surface area (Å²) in [5.41, 5.74) is 1.61. The summed E-state index contributed by atoms with van der Waals surface area (Å²) in [7, 11) is 0. The molecule has 0 aliphatic heterocycles. The Balaban J connectivity index is 2.35. The Morgan fingerprint density at radius 1 is 1.60 bits per heavy atom. The van der Waals surface area contributed by atoms with Crippen molar-refractivity contribution in [3.63, 3.8) is 0 Å². The molecule has 0 spiro atoms. The topological polar surface area (TPSA) is 0 Å². The van der Waals surface area contributed by atoms with Crippen LogP contribution in [0.25, 0.3) is 0 Å². The second-order valence-corrected chi connectivity index (χ2v) is 3.06. The number of hydrogen-bond donors (Lipinski definition) is 0. The molecule has 0 amide bonds. The lowest BCUT2D eigenvalue weighted by Gasteiger charge is -2.10. The van der Waals surface area contributed by atoms with Gasteiger partial charge in [0, 0.05) is 0 Å². The van der Waals surface area contributed by atoms with Crippen molar-refractivity contribution in [3.05, 3.63) is 23.8 Å². The molecule has 1 rings (SSSR count). The molecule has 1 unspecified atom stereocenters. The maximum atomic E-state index is 2.32. The molecule has 0 N–H and O–H groups in total. The number of hydrogen-bond acceptors (Lipinski definition) is 0. The minimum Gasteiger partial charge on any atom is -0.0805 e. The first-order valence-corrected chi connectivity index (χ1v) is 4.20. The van der Waals surface area contributed by atoms with Crippen LogP contribution >= 0.6 is 0 Å². The van der Waals surface area contributed by atoms with Gasteiger partial charge in [-0.3, -0.25) is 0 Å². The predicted octanol–water partition coefficient (Wildman–Crippen LogP) is 3.31. The maximum Gasteiger partial charge on any atom is -0.0130 e. The Labute approximate surface area is 63.6 Å². The fourth-order valence-corrected chi connectivity index (χ4v) is 1.45. The first-order chi connectivity index (χ1) is 4.84. The average Bonchev–Trinajstić information content (AvgIpc) is 2.38.